The minimum Gasteiger partial charge on any atom is -0.497 e. The van der Waals surface area contributed by atoms with E-state index < -0.39 is 5.91 Å². The second-order valence-corrected chi connectivity index (χ2v) is 5.46. The van der Waals surface area contributed by atoms with Crippen molar-refractivity contribution < 1.29 is 18.7 Å². The molecule has 3 aromatic rings. The van der Waals surface area contributed by atoms with Crippen molar-refractivity contribution in [1.29, 1.82) is 0 Å². The molecule has 2 heterocycles. The quantitative estimate of drug-likeness (QED) is 0.729. The number of carbonyl (C=O) groups excluding carboxylic acids is 1. The van der Waals surface area contributed by atoms with E-state index in [-0.39, 0.29) is 17.0 Å². The number of anilines is 1. The van der Waals surface area contributed by atoms with Crippen LogP contribution in [0.25, 0.3) is 11.3 Å². The number of hydrogen-bond donors (Lipinski definition) is 2. The first-order valence-corrected chi connectivity index (χ1v) is 7.71. The maximum atomic E-state index is 12.2. The fourth-order valence-electron chi connectivity index (χ4n) is 2.44. The molecule has 0 aliphatic carbocycles. The molecule has 3 rings (SSSR count). The van der Waals surface area contributed by atoms with Crippen LogP contribution in [0.5, 0.6) is 11.5 Å². The number of methoxy groups -OCH3 is 2. The summed E-state index contributed by atoms with van der Waals surface area (Å²) in [4.78, 5) is 23.7. The molecule has 8 heteroatoms. The molecule has 0 fully saturated rings. The van der Waals surface area contributed by atoms with Crippen LogP contribution >= 0.6 is 0 Å². The molecule has 1 amide bonds. The van der Waals surface area contributed by atoms with Gasteiger partial charge in [-0.05, 0) is 19.1 Å². The standard InChI is InChI=1S/C18H17N3O5/c1-10-6-11(22)7-16(26-10)18(23)19-17-9-14(20-21-17)13-5-4-12(24-2)8-15(13)25-3/h4-9H,1-3H3,(H2,19,20,21,23). The number of hydrogen-bond acceptors (Lipinski definition) is 6. The Morgan fingerprint density at radius 2 is 1.96 bits per heavy atom. The lowest BCUT2D eigenvalue weighted by molar-refractivity contribution is 0.0992. The molecule has 8 nitrogen and oxygen atoms in total. The van der Waals surface area contributed by atoms with Gasteiger partial charge in [0.05, 0.1) is 19.9 Å². The zero-order valence-corrected chi connectivity index (χ0v) is 14.5. The second-order valence-electron chi connectivity index (χ2n) is 5.46. The van der Waals surface area contributed by atoms with E-state index in [9.17, 15) is 9.59 Å². The van der Waals surface area contributed by atoms with Gasteiger partial charge in [-0.3, -0.25) is 14.7 Å². The van der Waals surface area contributed by atoms with E-state index in [0.29, 0.717) is 23.0 Å². The predicted molar refractivity (Wildman–Crippen MR) is 94.8 cm³/mol. The fraction of sp³-hybridized carbons (Fsp3) is 0.167. The number of aryl methyl sites for hydroxylation is 1. The van der Waals surface area contributed by atoms with Crippen molar-refractivity contribution in [3.63, 3.8) is 0 Å². The first kappa shape index (κ1) is 17.3. The third kappa shape index (κ3) is 3.59. The van der Waals surface area contributed by atoms with Crippen LogP contribution in [0.15, 0.2) is 45.6 Å². The number of aromatic amines is 1. The van der Waals surface area contributed by atoms with Crippen molar-refractivity contribution in [3.8, 4) is 22.8 Å². The Morgan fingerprint density at radius 3 is 2.65 bits per heavy atom. The van der Waals surface area contributed by atoms with E-state index in [2.05, 4.69) is 15.5 Å². The molecule has 2 N–H and O–H groups in total. The van der Waals surface area contributed by atoms with Crippen molar-refractivity contribution in [3.05, 3.63) is 58.1 Å². The maximum absolute atomic E-state index is 12.2. The highest BCUT2D eigenvalue weighted by Gasteiger charge is 2.15. The highest BCUT2D eigenvalue weighted by Crippen LogP contribution is 2.33. The SMILES string of the molecule is COc1ccc(-c2cc(NC(=O)c3cc(=O)cc(C)o3)n[nH]2)c(OC)c1. The molecule has 0 atom stereocenters. The Bertz CT molecular complexity index is 1010. The third-order valence-corrected chi connectivity index (χ3v) is 3.63. The molecule has 26 heavy (non-hydrogen) atoms. The van der Waals surface area contributed by atoms with Crippen LogP contribution < -0.4 is 20.2 Å². The third-order valence-electron chi connectivity index (χ3n) is 3.63. The molecule has 134 valence electrons. The number of H-pyrrole nitrogens is 1. The van der Waals surface area contributed by atoms with Gasteiger partial charge in [-0.1, -0.05) is 0 Å². The Hall–Kier alpha value is -3.55. The molecule has 1 aromatic carbocycles. The predicted octanol–water partition coefficient (Wildman–Crippen LogP) is 2.61. The lowest BCUT2D eigenvalue weighted by atomic mass is 10.1. The minimum atomic E-state index is -0.564. The molecule has 0 saturated heterocycles. The molecule has 0 unspecified atom stereocenters. The Balaban J connectivity index is 1.84. The van der Waals surface area contributed by atoms with Crippen molar-refractivity contribution in [2.45, 2.75) is 6.92 Å². The van der Waals surface area contributed by atoms with Gasteiger partial charge >= 0.3 is 0 Å². The Labute approximate surface area is 148 Å². The summed E-state index contributed by atoms with van der Waals surface area (Å²) in [7, 11) is 3.12. The first-order chi connectivity index (χ1) is 12.5. The number of amides is 1. The van der Waals surface area contributed by atoms with Gasteiger partial charge in [0.1, 0.15) is 17.3 Å². The van der Waals surface area contributed by atoms with E-state index in [1.54, 1.807) is 39.3 Å². The molecule has 0 spiro atoms. The Kier molecular flexibility index (Phi) is 4.74. The smallest absolute Gasteiger partial charge is 0.292 e. The van der Waals surface area contributed by atoms with Crippen LogP contribution in [0, 0.1) is 6.92 Å². The van der Waals surface area contributed by atoms with Crippen LogP contribution in [-0.2, 0) is 0 Å². The number of aromatic nitrogens is 2. The van der Waals surface area contributed by atoms with Gasteiger partial charge in [-0.15, -0.1) is 0 Å². The van der Waals surface area contributed by atoms with Crippen molar-refractivity contribution in [1.82, 2.24) is 10.2 Å². The largest absolute Gasteiger partial charge is 0.497 e. The van der Waals surface area contributed by atoms with Crippen LogP contribution in [0.3, 0.4) is 0 Å². The summed E-state index contributed by atoms with van der Waals surface area (Å²) in [5.41, 5.74) is 1.10. The lowest BCUT2D eigenvalue weighted by Gasteiger charge is -2.08. The number of nitrogens with zero attached hydrogens (tertiary/aromatic N) is 1. The number of benzene rings is 1. The molecule has 0 aliphatic rings. The number of nitrogens with one attached hydrogen (secondary N) is 2. The summed E-state index contributed by atoms with van der Waals surface area (Å²) in [5, 5.41) is 9.48. The van der Waals surface area contributed by atoms with Gasteiger partial charge in [0, 0.05) is 29.8 Å². The minimum absolute atomic E-state index is 0.0819. The number of ether oxygens (including phenoxy) is 2. The molecular formula is C18H17N3O5. The summed E-state index contributed by atoms with van der Waals surface area (Å²) in [5.74, 6) is 1.25. The molecule has 0 radical (unpaired) electrons. The summed E-state index contributed by atoms with van der Waals surface area (Å²) in [6.45, 7) is 1.60. The summed E-state index contributed by atoms with van der Waals surface area (Å²) >= 11 is 0. The van der Waals surface area contributed by atoms with E-state index >= 15 is 0 Å². The molecule has 0 aliphatic heterocycles. The first-order valence-electron chi connectivity index (χ1n) is 7.71. The Morgan fingerprint density at radius 1 is 1.15 bits per heavy atom. The van der Waals surface area contributed by atoms with Gasteiger partial charge < -0.3 is 19.2 Å². The zero-order valence-electron chi connectivity index (χ0n) is 14.5. The number of carbonyl (C=O) groups is 1. The zero-order chi connectivity index (χ0) is 18.7. The van der Waals surface area contributed by atoms with Crippen LogP contribution in [0.4, 0.5) is 5.82 Å². The summed E-state index contributed by atoms with van der Waals surface area (Å²) in [6, 6.07) is 9.43. The average Bonchev–Trinajstić information content (AvgIpc) is 3.08. The maximum Gasteiger partial charge on any atom is 0.292 e. The normalized spacial score (nSPS) is 10.4. The average molecular weight is 355 g/mol. The molecule has 0 saturated carbocycles. The summed E-state index contributed by atoms with van der Waals surface area (Å²) in [6.07, 6.45) is 0. The van der Waals surface area contributed by atoms with E-state index in [0.717, 1.165) is 11.6 Å². The summed E-state index contributed by atoms with van der Waals surface area (Å²) < 4.78 is 15.8. The van der Waals surface area contributed by atoms with E-state index in [1.165, 1.54) is 6.07 Å². The monoisotopic (exact) mass is 355 g/mol. The van der Waals surface area contributed by atoms with Crippen molar-refractivity contribution >= 4 is 11.7 Å². The second kappa shape index (κ2) is 7.14. The van der Waals surface area contributed by atoms with Crippen molar-refractivity contribution in [2.75, 3.05) is 19.5 Å². The molecule has 2 aromatic heterocycles. The van der Waals surface area contributed by atoms with Gasteiger partial charge in [-0.25, -0.2) is 0 Å². The molecular weight excluding hydrogens is 338 g/mol. The van der Waals surface area contributed by atoms with Gasteiger partial charge in [-0.2, -0.15) is 5.10 Å². The fourth-order valence-corrected chi connectivity index (χ4v) is 2.44. The van der Waals surface area contributed by atoms with Gasteiger partial charge in [0.2, 0.25) is 0 Å². The van der Waals surface area contributed by atoms with E-state index in [4.69, 9.17) is 13.9 Å². The van der Waals surface area contributed by atoms with Crippen LogP contribution in [0.1, 0.15) is 16.3 Å². The van der Waals surface area contributed by atoms with Crippen LogP contribution in [-0.4, -0.2) is 30.3 Å². The highest BCUT2D eigenvalue weighted by molar-refractivity contribution is 6.01. The molecule has 0 bridgehead atoms. The van der Waals surface area contributed by atoms with E-state index in [1.807, 2.05) is 6.07 Å². The topological polar surface area (TPSA) is 106 Å². The number of rotatable bonds is 5. The lowest BCUT2D eigenvalue weighted by Crippen LogP contribution is -2.15. The highest BCUT2D eigenvalue weighted by atomic mass is 16.5. The van der Waals surface area contributed by atoms with Gasteiger partial charge in [0.15, 0.2) is 17.0 Å². The van der Waals surface area contributed by atoms with Crippen LogP contribution in [0.2, 0.25) is 0 Å². The van der Waals surface area contributed by atoms with Gasteiger partial charge in [0.25, 0.3) is 5.91 Å². The van der Waals surface area contributed by atoms with Crippen molar-refractivity contribution in [2.24, 2.45) is 0 Å².